The maximum absolute atomic E-state index is 12.5. The second-order valence-corrected chi connectivity index (χ2v) is 6.66. The van der Waals surface area contributed by atoms with Gasteiger partial charge >= 0.3 is 11.9 Å². The summed E-state index contributed by atoms with van der Waals surface area (Å²) in [5.41, 5.74) is -0.719. The molecule has 1 aliphatic rings. The first kappa shape index (κ1) is 21.1. The van der Waals surface area contributed by atoms with Crippen molar-refractivity contribution in [3.05, 3.63) is 41.3 Å². The fourth-order valence-electron chi connectivity index (χ4n) is 3.06. The van der Waals surface area contributed by atoms with E-state index in [1.54, 1.807) is 6.20 Å². The summed E-state index contributed by atoms with van der Waals surface area (Å²) in [5.74, 6) is -3.55. The molecule has 1 aliphatic heterocycles. The fourth-order valence-corrected chi connectivity index (χ4v) is 3.06. The highest BCUT2D eigenvalue weighted by atomic mass is 16.4. The number of quaternary nitrogens is 1. The number of aromatic carboxylic acids is 1. The molecule has 1 heterocycles. The Kier molecular flexibility index (Phi) is 6.89. The van der Waals surface area contributed by atoms with Crippen molar-refractivity contribution in [2.45, 2.75) is 32.6 Å². The maximum atomic E-state index is 12.5. The van der Waals surface area contributed by atoms with E-state index in [4.69, 9.17) is 0 Å². The number of nitrogens with zero attached hydrogens (tertiary/aromatic N) is 2. The molecule has 9 heteroatoms. The molecule has 4 N–H and O–H groups in total. The molecule has 0 saturated carbocycles. The average molecular weight is 390 g/mol. The van der Waals surface area contributed by atoms with E-state index in [9.17, 15) is 29.7 Å². The molecule has 9 nitrogen and oxygen atoms in total. The predicted molar refractivity (Wildman–Crippen MR) is 101 cm³/mol. The molecule has 0 fully saturated rings. The summed E-state index contributed by atoms with van der Waals surface area (Å²) in [7, 11) is 0. The molecule has 28 heavy (non-hydrogen) atoms. The van der Waals surface area contributed by atoms with E-state index in [2.05, 4.69) is 17.2 Å². The quantitative estimate of drug-likeness (QED) is 0.357. The van der Waals surface area contributed by atoms with E-state index in [0.29, 0.717) is 6.54 Å². The molecule has 0 aliphatic carbocycles. The third kappa shape index (κ3) is 5.17. The van der Waals surface area contributed by atoms with E-state index in [-0.39, 0.29) is 22.4 Å². The third-order valence-electron chi connectivity index (χ3n) is 4.41. The number of hydrogen-bond acceptors (Lipinski definition) is 5. The molecule has 1 atom stereocenters. The minimum absolute atomic E-state index is 0.0273. The zero-order valence-corrected chi connectivity index (χ0v) is 15.6. The first-order valence-corrected chi connectivity index (χ1v) is 9.01. The Morgan fingerprint density at radius 2 is 1.89 bits per heavy atom. The lowest BCUT2D eigenvalue weighted by atomic mass is 10.1. The lowest BCUT2D eigenvalue weighted by molar-refractivity contribution is -0.771. The fraction of sp³-hybridized carbons (Fsp3) is 0.368. The number of amides is 1. The Labute approximate surface area is 162 Å². The molecule has 1 aromatic carbocycles. The summed E-state index contributed by atoms with van der Waals surface area (Å²) in [6.45, 7) is 2.41. The van der Waals surface area contributed by atoms with Crippen LogP contribution >= 0.6 is 0 Å². The van der Waals surface area contributed by atoms with Gasteiger partial charge in [-0.25, -0.2) is 14.1 Å². The van der Waals surface area contributed by atoms with Gasteiger partial charge in [0, 0.05) is 0 Å². The number of aliphatic carboxylic acids is 1. The number of rotatable bonds is 10. The molecule has 0 radical (unpaired) electrons. The molecule has 1 unspecified atom stereocenters. The van der Waals surface area contributed by atoms with Crippen molar-refractivity contribution in [3.8, 4) is 5.75 Å². The van der Waals surface area contributed by atoms with Gasteiger partial charge in [-0.05, 0) is 25.0 Å². The average Bonchev–Trinajstić information content (AvgIpc) is 3.00. The van der Waals surface area contributed by atoms with Crippen LogP contribution in [0.4, 0.5) is 0 Å². The van der Waals surface area contributed by atoms with Crippen molar-refractivity contribution < 1.29 is 34.2 Å². The SMILES string of the molecule is CCCCCC[N+]1(CC(=O)O)C=NC(NC(=O)c2cccc(O)c2C(=O)O)=C1. The van der Waals surface area contributed by atoms with Crippen LogP contribution in [0.2, 0.25) is 0 Å². The summed E-state index contributed by atoms with van der Waals surface area (Å²) in [4.78, 5) is 39.2. The number of phenols is 1. The number of aromatic hydroxyl groups is 1. The largest absolute Gasteiger partial charge is 0.507 e. The lowest BCUT2D eigenvalue weighted by Crippen LogP contribution is -2.45. The number of unbranched alkanes of at least 4 members (excludes halogenated alkanes) is 3. The van der Waals surface area contributed by atoms with Crippen LogP contribution in [0.3, 0.4) is 0 Å². The maximum Gasteiger partial charge on any atom is 0.360 e. The number of carbonyl (C=O) groups is 3. The summed E-state index contributed by atoms with van der Waals surface area (Å²) >= 11 is 0. The van der Waals surface area contributed by atoms with E-state index in [1.807, 2.05) is 0 Å². The van der Waals surface area contributed by atoms with Crippen LogP contribution in [0.5, 0.6) is 5.75 Å². The topological polar surface area (TPSA) is 136 Å². The summed E-state index contributed by atoms with van der Waals surface area (Å²) < 4.78 is -0.0273. The molecule has 150 valence electrons. The van der Waals surface area contributed by atoms with Crippen molar-refractivity contribution in [2.24, 2.45) is 4.99 Å². The minimum atomic E-state index is -1.43. The van der Waals surface area contributed by atoms with Crippen molar-refractivity contribution in [2.75, 3.05) is 13.1 Å². The lowest BCUT2D eigenvalue weighted by Gasteiger charge is -2.25. The van der Waals surface area contributed by atoms with Crippen LogP contribution in [0.1, 0.15) is 53.3 Å². The van der Waals surface area contributed by atoms with Gasteiger partial charge in [0.1, 0.15) is 17.5 Å². The Hall–Kier alpha value is -3.20. The van der Waals surface area contributed by atoms with Crippen LogP contribution < -0.4 is 5.32 Å². The van der Waals surface area contributed by atoms with Gasteiger partial charge in [0.2, 0.25) is 0 Å². The molecular weight excluding hydrogens is 366 g/mol. The number of carboxylic acids is 2. The Morgan fingerprint density at radius 1 is 1.14 bits per heavy atom. The van der Waals surface area contributed by atoms with E-state index in [1.165, 1.54) is 24.5 Å². The normalized spacial score (nSPS) is 18.0. The van der Waals surface area contributed by atoms with Gasteiger partial charge in [-0.3, -0.25) is 4.79 Å². The highest BCUT2D eigenvalue weighted by Gasteiger charge is 2.33. The molecular formula is C19H24N3O6+. The smallest absolute Gasteiger partial charge is 0.360 e. The molecule has 1 aromatic rings. The second kappa shape index (κ2) is 9.14. The van der Waals surface area contributed by atoms with Gasteiger partial charge < -0.3 is 20.6 Å². The molecule has 0 spiro atoms. The number of hydrogen-bond donors (Lipinski definition) is 4. The zero-order chi connectivity index (χ0) is 20.7. The number of nitrogens with one attached hydrogen (secondary N) is 1. The number of aliphatic imine (C=N–C) groups is 1. The van der Waals surface area contributed by atoms with Crippen LogP contribution in [0.15, 0.2) is 35.2 Å². The summed E-state index contributed by atoms with van der Waals surface area (Å²) in [5, 5.41) is 30.7. The number of carboxylic acid groups (broad SMARTS) is 2. The Balaban J connectivity index is 2.19. The third-order valence-corrected chi connectivity index (χ3v) is 4.41. The Morgan fingerprint density at radius 3 is 2.54 bits per heavy atom. The first-order valence-electron chi connectivity index (χ1n) is 9.01. The van der Waals surface area contributed by atoms with Gasteiger partial charge in [0.25, 0.3) is 5.91 Å². The monoisotopic (exact) mass is 390 g/mol. The van der Waals surface area contributed by atoms with Crippen LogP contribution in [0.25, 0.3) is 0 Å². The highest BCUT2D eigenvalue weighted by Crippen LogP contribution is 2.22. The van der Waals surface area contributed by atoms with Gasteiger partial charge in [0.05, 0.1) is 12.1 Å². The molecule has 0 saturated heterocycles. The predicted octanol–water partition coefficient (Wildman–Crippen LogP) is 2.14. The summed E-state index contributed by atoms with van der Waals surface area (Å²) in [6, 6.07) is 3.82. The molecule has 0 aromatic heterocycles. The van der Waals surface area contributed by atoms with Crippen LogP contribution in [0, 0.1) is 0 Å². The van der Waals surface area contributed by atoms with Gasteiger partial charge in [-0.2, -0.15) is 4.99 Å². The molecule has 2 rings (SSSR count). The number of benzene rings is 1. The van der Waals surface area contributed by atoms with E-state index in [0.717, 1.165) is 25.7 Å². The highest BCUT2D eigenvalue weighted by molar-refractivity contribution is 6.06. The summed E-state index contributed by atoms with van der Waals surface area (Å²) in [6.07, 6.45) is 6.88. The number of carbonyl (C=O) groups excluding carboxylic acids is 1. The second-order valence-electron chi connectivity index (χ2n) is 6.66. The van der Waals surface area contributed by atoms with Crippen molar-refractivity contribution in [3.63, 3.8) is 0 Å². The van der Waals surface area contributed by atoms with Crippen molar-refractivity contribution in [1.82, 2.24) is 5.32 Å². The van der Waals surface area contributed by atoms with Crippen molar-refractivity contribution >= 4 is 24.2 Å². The minimum Gasteiger partial charge on any atom is -0.507 e. The van der Waals surface area contributed by atoms with Gasteiger partial charge in [-0.1, -0.05) is 25.8 Å². The van der Waals surface area contributed by atoms with Crippen molar-refractivity contribution in [1.29, 1.82) is 0 Å². The Bertz CT molecular complexity index is 833. The van der Waals surface area contributed by atoms with E-state index < -0.39 is 29.2 Å². The van der Waals surface area contributed by atoms with E-state index >= 15 is 0 Å². The molecule has 1 amide bonds. The van der Waals surface area contributed by atoms with Gasteiger partial charge in [0.15, 0.2) is 18.7 Å². The van der Waals surface area contributed by atoms with Crippen LogP contribution in [-0.2, 0) is 4.79 Å². The first-order chi connectivity index (χ1) is 13.3. The van der Waals surface area contributed by atoms with Gasteiger partial charge in [-0.15, -0.1) is 0 Å². The van der Waals surface area contributed by atoms with Crippen LogP contribution in [-0.4, -0.2) is 57.1 Å². The zero-order valence-electron chi connectivity index (χ0n) is 15.6. The standard InChI is InChI=1S/C19H23N3O6/c1-2-3-4-5-9-22(11-16(24)25)10-15(20-12-22)21-18(26)13-7-6-8-14(23)17(13)19(27)28/h6-8,10,12H,2-5,9,11H2,1H3,(H3-,21,23,24,25,26,27,28)/p+1. The molecule has 0 bridgehead atoms.